The average Bonchev–Trinajstić information content (AvgIpc) is 3.44. The lowest BCUT2D eigenvalue weighted by atomic mass is 9.79. The summed E-state index contributed by atoms with van der Waals surface area (Å²) in [6, 6.07) is 14.5. The molecule has 1 amide bonds. The van der Waals surface area contributed by atoms with E-state index >= 15 is 0 Å². The number of rotatable bonds is 6. The van der Waals surface area contributed by atoms with Crippen LogP contribution in [-0.4, -0.2) is 38.5 Å². The molecule has 4 unspecified atom stereocenters. The van der Waals surface area contributed by atoms with Crippen molar-refractivity contribution in [1.82, 2.24) is 20.4 Å². The van der Waals surface area contributed by atoms with Crippen molar-refractivity contribution >= 4 is 11.7 Å². The van der Waals surface area contributed by atoms with Gasteiger partial charge in [-0.3, -0.25) is 20.3 Å². The Labute approximate surface area is 195 Å². The summed E-state index contributed by atoms with van der Waals surface area (Å²) in [5.41, 5.74) is 8.41. The molecule has 1 aromatic heterocycles. The molecule has 5 rings (SSSR count). The lowest BCUT2D eigenvalue weighted by molar-refractivity contribution is -0.528. The fourth-order valence-electron chi connectivity index (χ4n) is 4.91. The van der Waals surface area contributed by atoms with E-state index < -0.39 is 12.1 Å². The highest BCUT2D eigenvalue weighted by molar-refractivity contribution is 5.97. The average molecular weight is 465 g/mol. The number of anilines is 1. The molecule has 3 N–H and O–H groups in total. The number of hydrogen-bond donors (Lipinski definition) is 3. The maximum absolute atomic E-state index is 13.5. The minimum atomic E-state index is -0.642. The molecule has 0 radical (unpaired) electrons. The smallest absolute Gasteiger partial charge is 0.244 e. The number of fused-ring (bicyclic) bond motifs is 1. The van der Waals surface area contributed by atoms with Crippen LogP contribution in [0, 0.1) is 21.8 Å². The van der Waals surface area contributed by atoms with Crippen LogP contribution in [0.1, 0.15) is 24.8 Å². The number of carbonyl (C=O) groups is 1. The fourth-order valence-corrected chi connectivity index (χ4v) is 4.91. The van der Waals surface area contributed by atoms with Gasteiger partial charge < -0.3 is 9.88 Å². The van der Waals surface area contributed by atoms with Gasteiger partial charge in [-0.1, -0.05) is 30.3 Å². The van der Waals surface area contributed by atoms with Crippen LogP contribution >= 0.6 is 0 Å². The second-order valence-electron chi connectivity index (χ2n) is 8.84. The number of hydrazine groups is 1. The van der Waals surface area contributed by atoms with Gasteiger partial charge in [-0.05, 0) is 36.2 Å². The second-order valence-corrected chi connectivity index (χ2v) is 8.84. The van der Waals surface area contributed by atoms with Crippen molar-refractivity contribution < 1.29 is 14.1 Å². The third kappa shape index (κ3) is 4.42. The maximum Gasteiger partial charge on any atom is 0.244 e. The first-order chi connectivity index (χ1) is 16.5. The molecule has 1 aliphatic carbocycles. The zero-order valence-electron chi connectivity index (χ0n) is 18.4. The Balaban J connectivity index is 1.43. The minimum absolute atomic E-state index is 0.0118. The summed E-state index contributed by atoms with van der Waals surface area (Å²) in [7, 11) is 0. The highest BCUT2D eigenvalue weighted by atomic mass is 19.1. The molecule has 10 heteroatoms. The molecule has 2 heterocycles. The number of carbonyl (C=O) groups excluding carboxylic acids is 1. The number of aromatic nitrogens is 2. The summed E-state index contributed by atoms with van der Waals surface area (Å²) in [6.45, 7) is 0.483. The monoisotopic (exact) mass is 464 g/mol. The summed E-state index contributed by atoms with van der Waals surface area (Å²) in [5, 5.41) is 14.4. The molecular weight excluding hydrogens is 439 g/mol. The third-order valence-corrected chi connectivity index (χ3v) is 6.70. The van der Waals surface area contributed by atoms with Crippen LogP contribution in [0.3, 0.4) is 0 Å². The number of imidazole rings is 1. The van der Waals surface area contributed by atoms with Gasteiger partial charge in [0.05, 0.1) is 12.9 Å². The Hall–Kier alpha value is -3.63. The molecule has 0 bridgehead atoms. The predicted molar refractivity (Wildman–Crippen MR) is 124 cm³/mol. The number of hydrogen-bond acceptors (Lipinski definition) is 6. The Bertz CT molecular complexity index is 1180. The van der Waals surface area contributed by atoms with Crippen molar-refractivity contribution in [2.24, 2.45) is 5.92 Å². The Morgan fingerprint density at radius 2 is 1.91 bits per heavy atom. The molecule has 1 saturated carbocycles. The van der Waals surface area contributed by atoms with Gasteiger partial charge in [0.25, 0.3) is 0 Å². The van der Waals surface area contributed by atoms with Crippen LogP contribution in [0.2, 0.25) is 0 Å². The largest absolute Gasteiger partial charge is 0.312 e. The van der Waals surface area contributed by atoms with Crippen molar-refractivity contribution in [2.75, 3.05) is 5.32 Å². The molecule has 0 spiro atoms. The standard InChI is InChI=1S/C24H25FN6O3/c25-17-8-6-16(7-9-17)21-23(30(14-26-21)13-15-4-2-1-3-5-15)27-24(32)22-19-12-18(31(33)34)10-11-20(19)28-29-22/h1-9,14,18-20,22,28-29H,10-13H2,(H,27,32). The first-order valence-corrected chi connectivity index (χ1v) is 11.3. The van der Waals surface area contributed by atoms with Crippen molar-refractivity contribution in [2.45, 2.75) is 43.9 Å². The Morgan fingerprint density at radius 1 is 1.15 bits per heavy atom. The molecule has 3 aromatic rings. The van der Waals surface area contributed by atoms with E-state index in [2.05, 4.69) is 21.2 Å². The molecule has 2 aromatic carbocycles. The van der Waals surface area contributed by atoms with Crippen LogP contribution in [0.4, 0.5) is 10.2 Å². The van der Waals surface area contributed by atoms with Gasteiger partial charge in [0.2, 0.25) is 11.9 Å². The van der Waals surface area contributed by atoms with Gasteiger partial charge in [0.1, 0.15) is 23.4 Å². The van der Waals surface area contributed by atoms with Gasteiger partial charge in [-0.2, -0.15) is 0 Å². The van der Waals surface area contributed by atoms with E-state index in [1.165, 1.54) is 12.1 Å². The topological polar surface area (TPSA) is 114 Å². The zero-order chi connectivity index (χ0) is 23.7. The van der Waals surface area contributed by atoms with Crippen LogP contribution in [0.5, 0.6) is 0 Å². The molecule has 1 aliphatic heterocycles. The highest BCUT2D eigenvalue weighted by Gasteiger charge is 2.46. The quantitative estimate of drug-likeness (QED) is 0.382. The van der Waals surface area contributed by atoms with Crippen LogP contribution in [-0.2, 0) is 11.3 Å². The van der Waals surface area contributed by atoms with E-state index in [0.29, 0.717) is 42.9 Å². The second kappa shape index (κ2) is 9.32. The van der Waals surface area contributed by atoms with Crippen molar-refractivity contribution in [3.05, 3.63) is 82.4 Å². The molecule has 34 heavy (non-hydrogen) atoms. The maximum atomic E-state index is 13.5. The van der Waals surface area contributed by atoms with Gasteiger partial charge in [-0.25, -0.2) is 14.8 Å². The van der Waals surface area contributed by atoms with Gasteiger partial charge in [0, 0.05) is 35.3 Å². The van der Waals surface area contributed by atoms with Gasteiger partial charge in [-0.15, -0.1) is 0 Å². The predicted octanol–water partition coefficient (Wildman–Crippen LogP) is 2.97. The molecule has 9 nitrogen and oxygen atoms in total. The minimum Gasteiger partial charge on any atom is -0.312 e. The number of halogens is 1. The van der Waals surface area contributed by atoms with E-state index in [1.807, 2.05) is 34.9 Å². The molecule has 2 aliphatic rings. The summed E-state index contributed by atoms with van der Waals surface area (Å²) < 4.78 is 15.3. The van der Waals surface area contributed by atoms with Crippen LogP contribution in [0.25, 0.3) is 11.3 Å². The Kier molecular flexibility index (Phi) is 6.08. The van der Waals surface area contributed by atoms with E-state index in [1.54, 1.807) is 18.5 Å². The van der Waals surface area contributed by atoms with Crippen LogP contribution < -0.4 is 16.2 Å². The van der Waals surface area contributed by atoms with Crippen molar-refractivity contribution in [3.8, 4) is 11.3 Å². The number of nitrogens with one attached hydrogen (secondary N) is 3. The first-order valence-electron chi connectivity index (χ1n) is 11.3. The van der Waals surface area contributed by atoms with Crippen LogP contribution in [0.15, 0.2) is 60.9 Å². The molecule has 1 saturated heterocycles. The molecule has 2 fully saturated rings. The third-order valence-electron chi connectivity index (χ3n) is 6.70. The summed E-state index contributed by atoms with van der Waals surface area (Å²) in [4.78, 5) is 29.0. The van der Waals surface area contributed by atoms with E-state index in [0.717, 1.165) is 5.56 Å². The summed E-state index contributed by atoms with van der Waals surface area (Å²) in [6.07, 6.45) is 3.12. The SMILES string of the molecule is O=C(Nc1c(-c2ccc(F)cc2)ncn1Cc1ccccc1)C1NNC2CCC([N+](=O)[O-])CC21. The lowest BCUT2D eigenvalue weighted by Gasteiger charge is -2.28. The molecule has 176 valence electrons. The summed E-state index contributed by atoms with van der Waals surface area (Å²) in [5.74, 6) is -0.346. The van der Waals surface area contributed by atoms with Gasteiger partial charge >= 0.3 is 0 Å². The normalized spacial score (nSPS) is 23.9. The Morgan fingerprint density at radius 3 is 2.65 bits per heavy atom. The van der Waals surface area contributed by atoms with Crippen molar-refractivity contribution in [3.63, 3.8) is 0 Å². The highest BCUT2D eigenvalue weighted by Crippen LogP contribution is 2.33. The van der Waals surface area contributed by atoms with Gasteiger partial charge in [0.15, 0.2) is 0 Å². The number of nitrogens with zero attached hydrogens (tertiary/aromatic N) is 3. The van der Waals surface area contributed by atoms with E-state index in [-0.39, 0.29) is 28.6 Å². The van der Waals surface area contributed by atoms with E-state index in [9.17, 15) is 19.3 Å². The first kappa shape index (κ1) is 22.2. The number of nitro groups is 1. The summed E-state index contributed by atoms with van der Waals surface area (Å²) >= 11 is 0. The zero-order valence-corrected chi connectivity index (χ0v) is 18.4. The molecular formula is C24H25FN6O3. The number of benzene rings is 2. The lowest BCUT2D eigenvalue weighted by Crippen LogP contribution is -2.44. The van der Waals surface area contributed by atoms with Crippen molar-refractivity contribution in [1.29, 1.82) is 0 Å². The van der Waals surface area contributed by atoms with E-state index in [4.69, 9.17) is 0 Å². The molecule has 4 atom stereocenters. The number of amides is 1. The fraction of sp³-hybridized carbons (Fsp3) is 0.333.